The molecule has 2 atom stereocenters. The maximum Gasteiger partial charge on any atom is 0.106 e. The first-order valence-corrected chi connectivity index (χ1v) is 8.29. The summed E-state index contributed by atoms with van der Waals surface area (Å²) in [5.41, 5.74) is -0.314. The standard InChI is InChI=1S/C16H30N4/c1-3-16(14-17,18-2)8-5-9-19-10-6-12-20-11-4-7-15(20)13-19/h15,18H,3-13H2,1-2H3. The minimum Gasteiger partial charge on any atom is -0.302 e. The monoisotopic (exact) mass is 278 g/mol. The molecule has 0 spiro atoms. The molecule has 4 heteroatoms. The molecule has 4 nitrogen and oxygen atoms in total. The van der Waals surface area contributed by atoms with Crippen LogP contribution in [0, 0.1) is 11.3 Å². The lowest BCUT2D eigenvalue weighted by molar-refractivity contribution is 0.213. The van der Waals surface area contributed by atoms with E-state index in [4.69, 9.17) is 0 Å². The third kappa shape index (κ3) is 3.72. The van der Waals surface area contributed by atoms with Gasteiger partial charge < -0.3 is 10.2 Å². The Bertz CT molecular complexity index is 332. The maximum atomic E-state index is 9.35. The van der Waals surface area contributed by atoms with Crippen molar-refractivity contribution < 1.29 is 0 Å². The summed E-state index contributed by atoms with van der Waals surface area (Å²) < 4.78 is 0. The molecule has 0 saturated carbocycles. The third-order valence-electron chi connectivity index (χ3n) is 5.26. The van der Waals surface area contributed by atoms with E-state index < -0.39 is 0 Å². The Morgan fingerprint density at radius 1 is 1.30 bits per heavy atom. The molecule has 2 heterocycles. The largest absolute Gasteiger partial charge is 0.302 e. The summed E-state index contributed by atoms with van der Waals surface area (Å²) in [7, 11) is 1.91. The van der Waals surface area contributed by atoms with Crippen molar-refractivity contribution in [3.8, 4) is 6.07 Å². The number of nitrogens with zero attached hydrogens (tertiary/aromatic N) is 3. The summed E-state index contributed by atoms with van der Waals surface area (Å²) >= 11 is 0. The quantitative estimate of drug-likeness (QED) is 0.805. The summed E-state index contributed by atoms with van der Waals surface area (Å²) in [5, 5.41) is 12.6. The second-order valence-electron chi connectivity index (χ2n) is 6.39. The van der Waals surface area contributed by atoms with Gasteiger partial charge in [0, 0.05) is 12.6 Å². The van der Waals surface area contributed by atoms with Crippen molar-refractivity contribution in [1.82, 2.24) is 15.1 Å². The molecule has 2 aliphatic rings. The number of hydrogen-bond donors (Lipinski definition) is 1. The predicted molar refractivity (Wildman–Crippen MR) is 82.6 cm³/mol. The molecule has 0 amide bonds. The Labute approximate surface area is 124 Å². The molecule has 1 N–H and O–H groups in total. The molecular weight excluding hydrogens is 248 g/mol. The van der Waals surface area contributed by atoms with Crippen LogP contribution in [0.1, 0.15) is 45.4 Å². The molecule has 0 radical (unpaired) electrons. The van der Waals surface area contributed by atoms with Crippen molar-refractivity contribution in [3.63, 3.8) is 0 Å². The topological polar surface area (TPSA) is 42.3 Å². The first-order valence-electron chi connectivity index (χ1n) is 8.29. The molecule has 2 rings (SSSR count). The van der Waals surface area contributed by atoms with Crippen LogP contribution in [0.4, 0.5) is 0 Å². The van der Waals surface area contributed by atoms with Crippen molar-refractivity contribution in [2.24, 2.45) is 0 Å². The zero-order valence-corrected chi connectivity index (χ0v) is 13.2. The Morgan fingerprint density at radius 3 is 2.80 bits per heavy atom. The summed E-state index contributed by atoms with van der Waals surface area (Å²) in [6, 6.07) is 3.26. The molecule has 0 bridgehead atoms. The van der Waals surface area contributed by atoms with E-state index in [1.807, 2.05) is 7.05 Å². The van der Waals surface area contributed by atoms with E-state index in [2.05, 4.69) is 28.1 Å². The van der Waals surface area contributed by atoms with Gasteiger partial charge in [-0.2, -0.15) is 5.26 Å². The van der Waals surface area contributed by atoms with Gasteiger partial charge in [-0.15, -0.1) is 0 Å². The van der Waals surface area contributed by atoms with Gasteiger partial charge in [0.05, 0.1) is 6.07 Å². The Balaban J connectivity index is 1.77. The Kier molecular flexibility index (Phi) is 5.83. The van der Waals surface area contributed by atoms with Gasteiger partial charge in [0.25, 0.3) is 0 Å². The molecule has 2 unspecified atom stereocenters. The third-order valence-corrected chi connectivity index (χ3v) is 5.26. The molecule has 114 valence electrons. The SMILES string of the molecule is CCC(C#N)(CCCN1CCCN2CCCC2C1)NC. The van der Waals surface area contributed by atoms with Crippen molar-refractivity contribution in [3.05, 3.63) is 0 Å². The molecule has 0 aromatic rings. The van der Waals surface area contributed by atoms with Crippen LogP contribution in [-0.4, -0.2) is 61.2 Å². The van der Waals surface area contributed by atoms with Gasteiger partial charge in [0.1, 0.15) is 5.54 Å². The molecule has 0 aromatic carbocycles. The molecule has 2 fully saturated rings. The summed E-state index contributed by atoms with van der Waals surface area (Å²) in [5.74, 6) is 0. The van der Waals surface area contributed by atoms with Crippen LogP contribution >= 0.6 is 0 Å². The van der Waals surface area contributed by atoms with Crippen LogP contribution in [0.3, 0.4) is 0 Å². The fourth-order valence-corrected chi connectivity index (χ4v) is 3.76. The minimum atomic E-state index is -0.314. The fourth-order valence-electron chi connectivity index (χ4n) is 3.76. The van der Waals surface area contributed by atoms with E-state index in [0.29, 0.717) is 0 Å². The lowest BCUT2D eigenvalue weighted by Crippen LogP contribution is -2.42. The van der Waals surface area contributed by atoms with E-state index in [0.717, 1.165) is 31.8 Å². The van der Waals surface area contributed by atoms with Crippen LogP contribution in [0.15, 0.2) is 0 Å². The van der Waals surface area contributed by atoms with E-state index in [1.54, 1.807) is 0 Å². The number of fused-ring (bicyclic) bond motifs is 1. The van der Waals surface area contributed by atoms with E-state index in [9.17, 15) is 5.26 Å². The minimum absolute atomic E-state index is 0.314. The summed E-state index contributed by atoms with van der Waals surface area (Å²) in [6.45, 7) is 8.32. The Morgan fingerprint density at radius 2 is 2.10 bits per heavy atom. The second-order valence-corrected chi connectivity index (χ2v) is 6.39. The van der Waals surface area contributed by atoms with Crippen molar-refractivity contribution in [2.45, 2.75) is 57.0 Å². The predicted octanol–water partition coefficient (Wildman–Crippen LogP) is 1.83. The average molecular weight is 278 g/mol. The zero-order chi connectivity index (χ0) is 14.4. The first kappa shape index (κ1) is 15.8. The van der Waals surface area contributed by atoms with Crippen LogP contribution < -0.4 is 5.32 Å². The average Bonchev–Trinajstić information content (AvgIpc) is 2.83. The molecule has 0 aliphatic carbocycles. The van der Waals surface area contributed by atoms with Crippen molar-refractivity contribution >= 4 is 0 Å². The van der Waals surface area contributed by atoms with Crippen molar-refractivity contribution in [2.75, 3.05) is 39.8 Å². The van der Waals surface area contributed by atoms with E-state index >= 15 is 0 Å². The number of hydrogen-bond acceptors (Lipinski definition) is 4. The first-order chi connectivity index (χ1) is 9.73. The highest BCUT2D eigenvalue weighted by Gasteiger charge is 2.29. The Hall–Kier alpha value is -0.630. The molecule has 20 heavy (non-hydrogen) atoms. The molecule has 2 saturated heterocycles. The highest BCUT2D eigenvalue weighted by atomic mass is 15.3. The van der Waals surface area contributed by atoms with Crippen LogP contribution in [-0.2, 0) is 0 Å². The van der Waals surface area contributed by atoms with Crippen LogP contribution in [0.5, 0.6) is 0 Å². The van der Waals surface area contributed by atoms with E-state index in [-0.39, 0.29) is 5.54 Å². The molecule has 2 aliphatic heterocycles. The van der Waals surface area contributed by atoms with Gasteiger partial charge in [-0.3, -0.25) is 4.90 Å². The summed E-state index contributed by atoms with van der Waals surface area (Å²) in [6.07, 6.45) is 7.03. The van der Waals surface area contributed by atoms with E-state index in [1.165, 1.54) is 45.4 Å². The van der Waals surface area contributed by atoms with Gasteiger partial charge >= 0.3 is 0 Å². The van der Waals surface area contributed by atoms with Gasteiger partial charge in [-0.1, -0.05) is 6.92 Å². The van der Waals surface area contributed by atoms with Crippen LogP contribution in [0.2, 0.25) is 0 Å². The number of rotatable bonds is 6. The number of nitriles is 1. The highest BCUT2D eigenvalue weighted by Crippen LogP contribution is 2.22. The normalized spacial score (nSPS) is 27.6. The van der Waals surface area contributed by atoms with Gasteiger partial charge in [-0.05, 0) is 71.8 Å². The maximum absolute atomic E-state index is 9.35. The van der Waals surface area contributed by atoms with Gasteiger partial charge in [0.15, 0.2) is 0 Å². The van der Waals surface area contributed by atoms with Crippen LogP contribution in [0.25, 0.3) is 0 Å². The number of nitrogens with one attached hydrogen (secondary N) is 1. The lowest BCUT2D eigenvalue weighted by atomic mass is 9.92. The second kappa shape index (κ2) is 7.40. The van der Waals surface area contributed by atoms with Gasteiger partial charge in [0.2, 0.25) is 0 Å². The van der Waals surface area contributed by atoms with Gasteiger partial charge in [-0.25, -0.2) is 0 Å². The lowest BCUT2D eigenvalue weighted by Gasteiger charge is -2.28. The summed E-state index contributed by atoms with van der Waals surface area (Å²) in [4.78, 5) is 5.31. The fraction of sp³-hybridized carbons (Fsp3) is 0.938. The van der Waals surface area contributed by atoms with Crippen molar-refractivity contribution in [1.29, 1.82) is 5.26 Å². The highest BCUT2D eigenvalue weighted by molar-refractivity contribution is 5.05. The molecule has 0 aromatic heterocycles. The smallest absolute Gasteiger partial charge is 0.106 e. The zero-order valence-electron chi connectivity index (χ0n) is 13.2. The molecular formula is C16H30N4.